The lowest BCUT2D eigenvalue weighted by Gasteiger charge is -2.34. The molecule has 0 radical (unpaired) electrons. The number of benzene rings is 2. The first kappa shape index (κ1) is 16.0. The largest absolute Gasteiger partial charge is 0.336 e. The fourth-order valence-electron chi connectivity index (χ4n) is 2.95. The molecule has 3 nitrogen and oxygen atoms in total. The number of amides is 1. The molecular weight excluding hydrogens is 308 g/mol. The second-order valence-electron chi connectivity index (χ2n) is 6.06. The van der Waals surface area contributed by atoms with Crippen LogP contribution in [0.2, 0.25) is 5.02 Å². The molecule has 1 aliphatic heterocycles. The van der Waals surface area contributed by atoms with E-state index in [1.54, 1.807) is 24.3 Å². The van der Waals surface area contributed by atoms with Gasteiger partial charge in [0.1, 0.15) is 0 Å². The summed E-state index contributed by atoms with van der Waals surface area (Å²) in [6.45, 7) is 6.43. The zero-order valence-electron chi connectivity index (χ0n) is 13.3. The van der Waals surface area contributed by atoms with Crippen LogP contribution in [-0.4, -0.2) is 41.9 Å². The molecule has 23 heavy (non-hydrogen) atoms. The zero-order chi connectivity index (χ0) is 16.2. The number of halogens is 1. The molecular formula is C19H21ClN2O. The molecule has 0 bridgehead atoms. The van der Waals surface area contributed by atoms with Gasteiger partial charge in [0.15, 0.2) is 0 Å². The molecule has 3 rings (SSSR count). The minimum absolute atomic E-state index is 0.0943. The Bertz CT molecular complexity index is 676. The van der Waals surface area contributed by atoms with Gasteiger partial charge in [-0.1, -0.05) is 41.4 Å². The van der Waals surface area contributed by atoms with E-state index in [4.69, 9.17) is 11.6 Å². The second-order valence-corrected chi connectivity index (χ2v) is 6.50. The Morgan fingerprint density at radius 1 is 1.04 bits per heavy atom. The normalized spacial score (nSPS) is 15.7. The molecule has 0 aliphatic carbocycles. The second kappa shape index (κ2) is 7.16. The molecule has 1 saturated heterocycles. The topological polar surface area (TPSA) is 23.6 Å². The number of piperazine rings is 1. The van der Waals surface area contributed by atoms with Crippen LogP contribution in [0.15, 0.2) is 48.5 Å². The van der Waals surface area contributed by atoms with Gasteiger partial charge in [-0.3, -0.25) is 9.69 Å². The van der Waals surface area contributed by atoms with E-state index < -0.39 is 0 Å². The van der Waals surface area contributed by atoms with Gasteiger partial charge in [-0.15, -0.1) is 0 Å². The van der Waals surface area contributed by atoms with E-state index in [2.05, 4.69) is 36.1 Å². The molecule has 120 valence electrons. The Labute approximate surface area is 142 Å². The van der Waals surface area contributed by atoms with Crippen LogP contribution in [0.3, 0.4) is 0 Å². The molecule has 0 spiro atoms. The Morgan fingerprint density at radius 3 is 2.39 bits per heavy atom. The van der Waals surface area contributed by atoms with Crippen LogP contribution in [0.4, 0.5) is 0 Å². The number of hydrogen-bond donors (Lipinski definition) is 0. The van der Waals surface area contributed by atoms with Crippen LogP contribution in [0.25, 0.3) is 0 Å². The average molecular weight is 329 g/mol. The molecule has 0 aromatic heterocycles. The van der Waals surface area contributed by atoms with Crippen LogP contribution in [0.5, 0.6) is 0 Å². The summed E-state index contributed by atoms with van der Waals surface area (Å²) in [6.07, 6.45) is 0. The monoisotopic (exact) mass is 328 g/mol. The van der Waals surface area contributed by atoms with Crippen molar-refractivity contribution in [2.75, 3.05) is 26.2 Å². The minimum atomic E-state index is 0.0943. The van der Waals surface area contributed by atoms with Gasteiger partial charge in [-0.25, -0.2) is 0 Å². The molecule has 0 saturated carbocycles. The number of hydrogen-bond acceptors (Lipinski definition) is 2. The van der Waals surface area contributed by atoms with Gasteiger partial charge in [-0.05, 0) is 36.8 Å². The van der Waals surface area contributed by atoms with Crippen molar-refractivity contribution in [2.24, 2.45) is 0 Å². The van der Waals surface area contributed by atoms with E-state index in [-0.39, 0.29) is 5.91 Å². The van der Waals surface area contributed by atoms with Crippen molar-refractivity contribution < 1.29 is 4.79 Å². The summed E-state index contributed by atoms with van der Waals surface area (Å²) < 4.78 is 0. The average Bonchev–Trinajstić information content (AvgIpc) is 2.56. The third-order valence-electron chi connectivity index (χ3n) is 4.24. The van der Waals surface area contributed by atoms with E-state index in [1.165, 1.54) is 11.1 Å². The number of aryl methyl sites for hydroxylation is 1. The van der Waals surface area contributed by atoms with Crippen molar-refractivity contribution in [1.82, 2.24) is 9.80 Å². The molecule has 1 fully saturated rings. The first-order chi connectivity index (χ1) is 11.1. The Morgan fingerprint density at radius 2 is 1.74 bits per heavy atom. The number of carbonyl (C=O) groups excluding carboxylic acids is 1. The molecule has 0 atom stereocenters. The Kier molecular flexibility index (Phi) is 4.99. The van der Waals surface area contributed by atoms with E-state index >= 15 is 0 Å². The fourth-order valence-corrected chi connectivity index (χ4v) is 3.08. The van der Waals surface area contributed by atoms with Gasteiger partial charge in [-0.2, -0.15) is 0 Å². The summed E-state index contributed by atoms with van der Waals surface area (Å²) in [4.78, 5) is 16.8. The summed E-state index contributed by atoms with van der Waals surface area (Å²) in [5.41, 5.74) is 3.34. The zero-order valence-corrected chi connectivity index (χ0v) is 14.1. The highest BCUT2D eigenvalue weighted by Gasteiger charge is 2.22. The third-order valence-corrected chi connectivity index (χ3v) is 4.49. The SMILES string of the molecule is Cc1cccc(CN2CCN(C(=O)c3ccc(Cl)cc3)CC2)c1. The first-order valence-electron chi connectivity index (χ1n) is 7.94. The smallest absolute Gasteiger partial charge is 0.253 e. The number of nitrogens with zero attached hydrogens (tertiary/aromatic N) is 2. The predicted octanol–water partition coefficient (Wildman–Crippen LogP) is 3.61. The lowest BCUT2D eigenvalue weighted by molar-refractivity contribution is 0.0628. The van der Waals surface area contributed by atoms with Crippen molar-refractivity contribution in [3.8, 4) is 0 Å². The van der Waals surface area contributed by atoms with Crippen molar-refractivity contribution in [3.05, 3.63) is 70.2 Å². The highest BCUT2D eigenvalue weighted by molar-refractivity contribution is 6.30. The predicted molar refractivity (Wildman–Crippen MR) is 93.8 cm³/mol. The summed E-state index contributed by atoms with van der Waals surface area (Å²) in [6, 6.07) is 15.7. The standard InChI is InChI=1S/C19H21ClN2O/c1-15-3-2-4-16(13-15)14-21-9-11-22(12-10-21)19(23)17-5-7-18(20)8-6-17/h2-8,13H,9-12,14H2,1H3. The maximum atomic E-state index is 12.5. The van der Waals surface area contributed by atoms with Gasteiger partial charge in [0.2, 0.25) is 0 Å². The van der Waals surface area contributed by atoms with Gasteiger partial charge in [0, 0.05) is 43.3 Å². The highest BCUT2D eigenvalue weighted by Crippen LogP contribution is 2.14. The molecule has 4 heteroatoms. The quantitative estimate of drug-likeness (QED) is 0.859. The molecule has 1 aliphatic rings. The summed E-state index contributed by atoms with van der Waals surface area (Å²) in [5, 5.41) is 0.657. The van der Waals surface area contributed by atoms with Gasteiger partial charge >= 0.3 is 0 Å². The molecule has 0 unspecified atom stereocenters. The summed E-state index contributed by atoms with van der Waals surface area (Å²) in [5.74, 6) is 0.0943. The third kappa shape index (κ3) is 4.12. The lowest BCUT2D eigenvalue weighted by atomic mass is 10.1. The maximum absolute atomic E-state index is 12.5. The van der Waals surface area contributed by atoms with Crippen LogP contribution >= 0.6 is 11.6 Å². The first-order valence-corrected chi connectivity index (χ1v) is 8.32. The van der Waals surface area contributed by atoms with Crippen molar-refractivity contribution in [3.63, 3.8) is 0 Å². The highest BCUT2D eigenvalue weighted by atomic mass is 35.5. The molecule has 2 aromatic carbocycles. The van der Waals surface area contributed by atoms with Crippen molar-refractivity contribution in [1.29, 1.82) is 0 Å². The van der Waals surface area contributed by atoms with Crippen LogP contribution in [-0.2, 0) is 6.54 Å². The molecule has 1 amide bonds. The van der Waals surface area contributed by atoms with Crippen LogP contribution in [0, 0.1) is 6.92 Å². The van der Waals surface area contributed by atoms with E-state index in [9.17, 15) is 4.79 Å². The van der Waals surface area contributed by atoms with E-state index in [0.717, 1.165) is 32.7 Å². The number of rotatable bonds is 3. The van der Waals surface area contributed by atoms with Gasteiger partial charge < -0.3 is 4.90 Å². The fraction of sp³-hybridized carbons (Fsp3) is 0.316. The lowest BCUT2D eigenvalue weighted by Crippen LogP contribution is -2.48. The molecule has 2 aromatic rings. The van der Waals surface area contributed by atoms with Crippen LogP contribution in [0.1, 0.15) is 21.5 Å². The van der Waals surface area contributed by atoms with Crippen molar-refractivity contribution in [2.45, 2.75) is 13.5 Å². The van der Waals surface area contributed by atoms with Crippen molar-refractivity contribution >= 4 is 17.5 Å². The van der Waals surface area contributed by atoms with E-state index in [1.807, 2.05) is 4.90 Å². The molecule has 1 heterocycles. The van der Waals surface area contributed by atoms with E-state index in [0.29, 0.717) is 10.6 Å². The summed E-state index contributed by atoms with van der Waals surface area (Å²) >= 11 is 5.88. The van der Waals surface area contributed by atoms with Crippen LogP contribution < -0.4 is 0 Å². The summed E-state index contributed by atoms with van der Waals surface area (Å²) in [7, 11) is 0. The number of carbonyl (C=O) groups is 1. The maximum Gasteiger partial charge on any atom is 0.253 e. The van der Waals surface area contributed by atoms with Gasteiger partial charge in [0.05, 0.1) is 0 Å². The molecule has 0 N–H and O–H groups in total. The van der Waals surface area contributed by atoms with Gasteiger partial charge in [0.25, 0.3) is 5.91 Å². The minimum Gasteiger partial charge on any atom is -0.336 e. The Hall–Kier alpha value is -1.84. The Balaban J connectivity index is 1.55.